The predicted octanol–water partition coefficient (Wildman–Crippen LogP) is -0.821. The number of hydrogen-bond donors (Lipinski definition) is 2. The van der Waals surface area contributed by atoms with Crippen molar-refractivity contribution in [1.82, 2.24) is 9.62 Å². The molecule has 2 fully saturated rings. The van der Waals surface area contributed by atoms with Gasteiger partial charge in [0.25, 0.3) is 5.91 Å². The van der Waals surface area contributed by atoms with Gasteiger partial charge in [0.2, 0.25) is 10.0 Å². The molecule has 7 nitrogen and oxygen atoms in total. The minimum Gasteiger partial charge on any atom is -0.376 e. The Hall–Kier alpha value is -1.48. The van der Waals surface area contributed by atoms with Crippen molar-refractivity contribution in [3.63, 3.8) is 0 Å². The maximum Gasteiger partial charge on any atom is 0.275 e. The van der Waals surface area contributed by atoms with Crippen molar-refractivity contribution in [1.29, 1.82) is 0 Å². The van der Waals surface area contributed by atoms with E-state index in [1.54, 1.807) is 12.1 Å². The Kier molecular flexibility index (Phi) is 6.29. The van der Waals surface area contributed by atoms with Gasteiger partial charge in [-0.05, 0) is 31.9 Å². The monoisotopic (exact) mass is 382 g/mol. The second-order valence-electron chi connectivity index (χ2n) is 7.08. The second kappa shape index (κ2) is 8.47. The molecule has 1 atom stereocenters. The maximum absolute atomic E-state index is 12.7. The summed E-state index contributed by atoms with van der Waals surface area (Å²) in [5, 5.41) is 2.93. The molecule has 144 valence electrons. The van der Waals surface area contributed by atoms with Crippen molar-refractivity contribution < 1.29 is 22.8 Å². The first-order valence-electron chi connectivity index (χ1n) is 9.24. The minimum atomic E-state index is -3.45. The van der Waals surface area contributed by atoms with E-state index >= 15 is 0 Å². The van der Waals surface area contributed by atoms with Gasteiger partial charge in [-0.2, -0.15) is 4.31 Å². The highest BCUT2D eigenvalue weighted by Crippen LogP contribution is 2.16. The number of nitrogens with one attached hydrogen (secondary N) is 2. The zero-order chi connectivity index (χ0) is 18.6. The van der Waals surface area contributed by atoms with Crippen molar-refractivity contribution in [3.05, 3.63) is 29.8 Å². The van der Waals surface area contributed by atoms with Crippen molar-refractivity contribution in [2.75, 3.05) is 45.9 Å². The summed E-state index contributed by atoms with van der Waals surface area (Å²) in [6, 6.07) is 6.93. The van der Waals surface area contributed by atoms with Crippen molar-refractivity contribution in [3.8, 4) is 0 Å². The van der Waals surface area contributed by atoms with Crippen LogP contribution in [0.5, 0.6) is 0 Å². The second-order valence-corrected chi connectivity index (χ2v) is 9.02. The van der Waals surface area contributed by atoms with Gasteiger partial charge in [-0.3, -0.25) is 4.79 Å². The van der Waals surface area contributed by atoms with Crippen LogP contribution >= 0.6 is 0 Å². The molecule has 0 aliphatic carbocycles. The van der Waals surface area contributed by atoms with Crippen molar-refractivity contribution in [2.45, 2.75) is 30.8 Å². The lowest BCUT2D eigenvalue weighted by molar-refractivity contribution is -0.895. The molecular formula is C18H28N3O4S+. The Morgan fingerprint density at radius 3 is 2.58 bits per heavy atom. The van der Waals surface area contributed by atoms with E-state index in [1.807, 2.05) is 19.1 Å². The van der Waals surface area contributed by atoms with E-state index in [9.17, 15) is 13.2 Å². The predicted molar refractivity (Wildman–Crippen MR) is 97.5 cm³/mol. The molecule has 0 saturated carbocycles. The first kappa shape index (κ1) is 19.3. The quantitative estimate of drug-likeness (QED) is 0.674. The van der Waals surface area contributed by atoms with Crippen LogP contribution in [0.2, 0.25) is 0 Å². The van der Waals surface area contributed by atoms with E-state index in [2.05, 4.69) is 5.32 Å². The van der Waals surface area contributed by atoms with Crippen LogP contribution in [0, 0.1) is 6.92 Å². The summed E-state index contributed by atoms with van der Waals surface area (Å²) < 4.78 is 32.4. The molecule has 0 bridgehead atoms. The van der Waals surface area contributed by atoms with E-state index in [4.69, 9.17) is 4.74 Å². The molecule has 1 amide bonds. The van der Waals surface area contributed by atoms with Gasteiger partial charge in [-0.25, -0.2) is 8.42 Å². The molecule has 0 spiro atoms. The number of benzene rings is 1. The molecule has 0 radical (unpaired) electrons. The van der Waals surface area contributed by atoms with Crippen molar-refractivity contribution in [2.24, 2.45) is 0 Å². The fourth-order valence-corrected chi connectivity index (χ4v) is 4.84. The Balaban J connectivity index is 1.46. The molecule has 0 aromatic heterocycles. The van der Waals surface area contributed by atoms with E-state index in [0.717, 1.165) is 29.9 Å². The number of hydrogen-bond acceptors (Lipinski definition) is 4. The molecular weight excluding hydrogens is 354 g/mol. The minimum absolute atomic E-state index is 0.00495. The first-order chi connectivity index (χ1) is 12.4. The van der Waals surface area contributed by atoms with Gasteiger partial charge in [-0.1, -0.05) is 17.7 Å². The van der Waals surface area contributed by atoms with E-state index in [1.165, 1.54) is 4.31 Å². The molecule has 0 unspecified atom stereocenters. The van der Waals surface area contributed by atoms with Crippen LogP contribution in [0.4, 0.5) is 0 Å². The standard InChI is InChI=1S/C18H27N3O4S/c1-15-4-6-17(7-5-15)26(23,24)21-10-8-20(9-11-21)14-18(22)19-13-16-3-2-12-25-16/h4-7,16H,2-3,8-14H2,1H3,(H,19,22)/p+1/t16-/m0/s1. The third-order valence-electron chi connectivity index (χ3n) is 5.05. The van der Waals surface area contributed by atoms with E-state index < -0.39 is 10.0 Å². The molecule has 8 heteroatoms. The topological polar surface area (TPSA) is 80.2 Å². The van der Waals surface area contributed by atoms with Crippen LogP contribution in [-0.2, 0) is 19.6 Å². The van der Waals surface area contributed by atoms with E-state index in [0.29, 0.717) is 44.2 Å². The summed E-state index contributed by atoms with van der Waals surface area (Å²) in [5.41, 5.74) is 1.03. The molecule has 1 aromatic rings. The number of sulfonamides is 1. The zero-order valence-electron chi connectivity index (χ0n) is 15.2. The number of aryl methyl sites for hydroxylation is 1. The molecule has 2 saturated heterocycles. The van der Waals surface area contributed by atoms with Gasteiger partial charge in [0.05, 0.1) is 37.2 Å². The highest BCUT2D eigenvalue weighted by atomic mass is 32.2. The number of amides is 1. The smallest absolute Gasteiger partial charge is 0.275 e. The Labute approximate surface area is 155 Å². The van der Waals surface area contributed by atoms with Gasteiger partial charge >= 0.3 is 0 Å². The molecule has 1 aromatic carbocycles. The van der Waals surface area contributed by atoms with Gasteiger partial charge in [0.1, 0.15) is 0 Å². The number of ether oxygens (including phenoxy) is 1. The summed E-state index contributed by atoms with van der Waals surface area (Å²) in [6.07, 6.45) is 2.21. The highest BCUT2D eigenvalue weighted by Gasteiger charge is 2.31. The van der Waals surface area contributed by atoms with Gasteiger partial charge in [-0.15, -0.1) is 0 Å². The van der Waals surface area contributed by atoms with Gasteiger partial charge in [0, 0.05) is 13.2 Å². The summed E-state index contributed by atoms with van der Waals surface area (Å²) in [5.74, 6) is 0.00495. The van der Waals surface area contributed by atoms with E-state index in [-0.39, 0.29) is 12.0 Å². The number of rotatable bonds is 6. The number of quaternary nitrogens is 1. The third-order valence-corrected chi connectivity index (χ3v) is 6.96. The van der Waals surface area contributed by atoms with Crippen LogP contribution in [-0.4, -0.2) is 70.6 Å². The summed E-state index contributed by atoms with van der Waals surface area (Å²) in [4.78, 5) is 13.5. The van der Waals surface area contributed by atoms with Crippen LogP contribution < -0.4 is 10.2 Å². The number of piperazine rings is 1. The number of carbonyl (C=O) groups is 1. The van der Waals surface area contributed by atoms with Crippen LogP contribution in [0.3, 0.4) is 0 Å². The average Bonchev–Trinajstić information content (AvgIpc) is 3.14. The van der Waals surface area contributed by atoms with Crippen molar-refractivity contribution >= 4 is 15.9 Å². The molecule has 2 N–H and O–H groups in total. The van der Waals surface area contributed by atoms with Crippen LogP contribution in [0.25, 0.3) is 0 Å². The molecule has 2 aliphatic rings. The first-order valence-corrected chi connectivity index (χ1v) is 10.7. The Morgan fingerprint density at radius 2 is 1.96 bits per heavy atom. The van der Waals surface area contributed by atoms with Gasteiger partial charge < -0.3 is 15.0 Å². The number of nitrogens with zero attached hydrogens (tertiary/aromatic N) is 1. The van der Waals surface area contributed by atoms with Gasteiger partial charge in [0.15, 0.2) is 6.54 Å². The lowest BCUT2D eigenvalue weighted by Gasteiger charge is -2.31. The molecule has 2 aliphatic heterocycles. The molecule has 3 rings (SSSR count). The third kappa shape index (κ3) is 4.82. The zero-order valence-corrected chi connectivity index (χ0v) is 16.1. The molecule has 26 heavy (non-hydrogen) atoms. The highest BCUT2D eigenvalue weighted by molar-refractivity contribution is 7.89. The fraction of sp³-hybridized carbons (Fsp3) is 0.611. The largest absolute Gasteiger partial charge is 0.376 e. The van der Waals surface area contributed by atoms with Crippen LogP contribution in [0.15, 0.2) is 29.2 Å². The number of carbonyl (C=O) groups excluding carboxylic acids is 1. The summed E-state index contributed by atoms with van der Waals surface area (Å²) in [6.45, 7) is 5.81. The summed E-state index contributed by atoms with van der Waals surface area (Å²) >= 11 is 0. The maximum atomic E-state index is 12.7. The Morgan fingerprint density at radius 1 is 1.27 bits per heavy atom. The lowest BCUT2D eigenvalue weighted by Crippen LogP contribution is -3.15. The normalized spacial score (nSPS) is 22.4. The SMILES string of the molecule is Cc1ccc(S(=O)(=O)N2CC[NH+](CC(=O)NC[C@@H]3CCCO3)CC2)cc1. The molecule has 2 heterocycles. The summed E-state index contributed by atoms with van der Waals surface area (Å²) in [7, 11) is -3.45. The fourth-order valence-electron chi connectivity index (χ4n) is 3.40. The Bertz CT molecular complexity index is 706. The average molecular weight is 383 g/mol. The lowest BCUT2D eigenvalue weighted by atomic mass is 10.2. The van der Waals surface area contributed by atoms with Crippen LogP contribution in [0.1, 0.15) is 18.4 Å².